The first-order valence-electron chi connectivity index (χ1n) is 8.09. The van der Waals surface area contributed by atoms with Gasteiger partial charge in [-0.25, -0.2) is 9.97 Å². The first kappa shape index (κ1) is 17.8. The van der Waals surface area contributed by atoms with E-state index in [0.29, 0.717) is 34.8 Å². The van der Waals surface area contributed by atoms with Crippen molar-refractivity contribution in [3.63, 3.8) is 0 Å². The van der Waals surface area contributed by atoms with Gasteiger partial charge in [-0.05, 0) is 18.2 Å². The van der Waals surface area contributed by atoms with E-state index in [-0.39, 0.29) is 0 Å². The molecule has 0 aliphatic heterocycles. The lowest BCUT2D eigenvalue weighted by Crippen LogP contribution is -2.04. The third-order valence-electron chi connectivity index (χ3n) is 3.61. The summed E-state index contributed by atoms with van der Waals surface area (Å²) in [5.74, 6) is 2.62. The molecule has 0 unspecified atom stereocenters. The fraction of sp³-hybridized carbons (Fsp3) is 0.100. The Bertz CT molecular complexity index is 900. The van der Waals surface area contributed by atoms with Crippen molar-refractivity contribution in [2.45, 2.75) is 0 Å². The number of nitrogens with one attached hydrogen (secondary N) is 2. The number of ether oxygens (including phenoxy) is 1. The van der Waals surface area contributed by atoms with Crippen molar-refractivity contribution < 1.29 is 4.74 Å². The maximum atomic E-state index is 6.20. The summed E-state index contributed by atoms with van der Waals surface area (Å²) >= 11 is 6.20. The van der Waals surface area contributed by atoms with Crippen molar-refractivity contribution in [2.24, 2.45) is 0 Å². The van der Waals surface area contributed by atoms with Gasteiger partial charge in [-0.1, -0.05) is 48.0 Å². The second-order valence-corrected chi connectivity index (χ2v) is 5.88. The third kappa shape index (κ3) is 4.32. The van der Waals surface area contributed by atoms with Crippen molar-refractivity contribution >= 4 is 28.9 Å². The Morgan fingerprint density at radius 1 is 1.08 bits per heavy atom. The Balaban J connectivity index is 1.94. The topological polar surface area (TPSA) is 59.1 Å². The standard InChI is InChI=1S/C20H19ClN4O/c1-3-11-22-18-13-19(23-15-9-10-17(26-2)16(21)12-15)25-20(24-18)14-7-5-4-6-8-14/h3-10,12-13H,1,11H2,2H3,(H2,22,23,24,25). The van der Waals surface area contributed by atoms with Gasteiger partial charge in [0.1, 0.15) is 17.4 Å². The summed E-state index contributed by atoms with van der Waals surface area (Å²) in [5.41, 5.74) is 1.74. The van der Waals surface area contributed by atoms with Crippen molar-refractivity contribution in [2.75, 3.05) is 24.3 Å². The van der Waals surface area contributed by atoms with Crippen LogP contribution in [0.15, 0.2) is 67.3 Å². The van der Waals surface area contributed by atoms with Gasteiger partial charge in [-0.15, -0.1) is 6.58 Å². The molecule has 3 rings (SSSR count). The molecule has 0 fully saturated rings. The number of anilines is 3. The van der Waals surface area contributed by atoms with Crippen LogP contribution in [0.5, 0.6) is 5.75 Å². The normalized spacial score (nSPS) is 10.2. The summed E-state index contributed by atoms with van der Waals surface area (Å²) in [6.45, 7) is 4.33. The first-order valence-corrected chi connectivity index (χ1v) is 8.47. The van der Waals surface area contributed by atoms with Gasteiger partial charge in [0.05, 0.1) is 12.1 Å². The summed E-state index contributed by atoms with van der Waals surface area (Å²) in [4.78, 5) is 9.19. The summed E-state index contributed by atoms with van der Waals surface area (Å²) in [7, 11) is 1.59. The summed E-state index contributed by atoms with van der Waals surface area (Å²) in [6.07, 6.45) is 1.78. The van der Waals surface area contributed by atoms with Crippen LogP contribution in [-0.4, -0.2) is 23.6 Å². The number of hydrogen-bond donors (Lipinski definition) is 2. The number of benzene rings is 2. The maximum Gasteiger partial charge on any atom is 0.163 e. The van der Waals surface area contributed by atoms with Crippen LogP contribution in [0.1, 0.15) is 0 Å². The predicted molar refractivity (Wildman–Crippen MR) is 107 cm³/mol. The fourth-order valence-electron chi connectivity index (χ4n) is 2.39. The molecule has 0 saturated heterocycles. The number of halogens is 1. The minimum atomic E-state index is 0.528. The molecule has 5 nitrogen and oxygen atoms in total. The van der Waals surface area contributed by atoms with E-state index in [2.05, 4.69) is 27.2 Å². The van der Waals surface area contributed by atoms with Crippen molar-refractivity contribution in [3.05, 3.63) is 72.3 Å². The van der Waals surface area contributed by atoms with E-state index >= 15 is 0 Å². The Kier molecular flexibility index (Phi) is 5.71. The highest BCUT2D eigenvalue weighted by Gasteiger charge is 2.08. The lowest BCUT2D eigenvalue weighted by atomic mass is 10.2. The van der Waals surface area contributed by atoms with Gasteiger partial charge in [0.2, 0.25) is 0 Å². The Hall–Kier alpha value is -3.05. The first-order chi connectivity index (χ1) is 12.7. The minimum absolute atomic E-state index is 0.528. The highest BCUT2D eigenvalue weighted by Crippen LogP contribution is 2.29. The molecule has 0 amide bonds. The van der Waals surface area contributed by atoms with Crippen LogP contribution in [0, 0.1) is 0 Å². The molecule has 132 valence electrons. The Morgan fingerprint density at radius 2 is 1.85 bits per heavy atom. The van der Waals surface area contributed by atoms with Crippen LogP contribution in [-0.2, 0) is 0 Å². The zero-order chi connectivity index (χ0) is 18.4. The van der Waals surface area contributed by atoms with Crippen molar-refractivity contribution in [1.82, 2.24) is 9.97 Å². The third-order valence-corrected chi connectivity index (χ3v) is 3.91. The summed E-state index contributed by atoms with van der Waals surface area (Å²) in [5, 5.41) is 7.00. The second-order valence-electron chi connectivity index (χ2n) is 5.47. The van der Waals surface area contributed by atoms with Crippen molar-refractivity contribution in [3.8, 4) is 17.1 Å². The lowest BCUT2D eigenvalue weighted by molar-refractivity contribution is 0.415. The van der Waals surface area contributed by atoms with Crippen LogP contribution >= 0.6 is 11.6 Å². The van der Waals surface area contributed by atoms with Crippen LogP contribution in [0.25, 0.3) is 11.4 Å². The Morgan fingerprint density at radius 3 is 2.54 bits per heavy atom. The molecule has 0 radical (unpaired) electrons. The molecule has 0 aliphatic carbocycles. The average Bonchev–Trinajstić information content (AvgIpc) is 2.67. The van der Waals surface area contributed by atoms with E-state index < -0.39 is 0 Å². The molecule has 3 aromatic rings. The maximum absolute atomic E-state index is 6.20. The number of nitrogens with zero attached hydrogens (tertiary/aromatic N) is 2. The number of hydrogen-bond acceptors (Lipinski definition) is 5. The molecule has 0 spiro atoms. The van der Waals surface area contributed by atoms with Gasteiger partial charge in [0.25, 0.3) is 0 Å². The zero-order valence-electron chi connectivity index (χ0n) is 14.4. The molecule has 0 aliphatic rings. The van der Waals surface area contributed by atoms with E-state index in [0.717, 1.165) is 11.3 Å². The predicted octanol–water partition coefficient (Wildman–Crippen LogP) is 5.15. The fourth-order valence-corrected chi connectivity index (χ4v) is 2.64. The number of methoxy groups -OCH3 is 1. The number of rotatable bonds is 7. The average molecular weight is 367 g/mol. The van der Waals surface area contributed by atoms with Crippen molar-refractivity contribution in [1.29, 1.82) is 0 Å². The van der Waals surface area contributed by atoms with Gasteiger partial charge >= 0.3 is 0 Å². The molecule has 26 heavy (non-hydrogen) atoms. The molecule has 6 heteroatoms. The largest absolute Gasteiger partial charge is 0.495 e. The van der Waals surface area contributed by atoms with Crippen LogP contribution in [0.3, 0.4) is 0 Å². The van der Waals surface area contributed by atoms with Gasteiger partial charge in [0.15, 0.2) is 5.82 Å². The van der Waals surface area contributed by atoms with E-state index in [1.165, 1.54) is 0 Å². The zero-order valence-corrected chi connectivity index (χ0v) is 15.1. The smallest absolute Gasteiger partial charge is 0.163 e. The quantitative estimate of drug-likeness (QED) is 0.566. The van der Waals surface area contributed by atoms with E-state index in [4.69, 9.17) is 16.3 Å². The monoisotopic (exact) mass is 366 g/mol. The molecular formula is C20H19ClN4O. The second kappa shape index (κ2) is 8.36. The van der Waals surface area contributed by atoms with E-state index in [9.17, 15) is 0 Å². The van der Waals surface area contributed by atoms with Crippen LogP contribution in [0.4, 0.5) is 17.3 Å². The van der Waals surface area contributed by atoms with Gasteiger partial charge < -0.3 is 15.4 Å². The molecule has 2 aromatic carbocycles. The van der Waals surface area contributed by atoms with E-state index in [1.54, 1.807) is 25.3 Å². The van der Waals surface area contributed by atoms with Crippen LogP contribution in [0.2, 0.25) is 5.02 Å². The summed E-state index contributed by atoms with van der Waals surface area (Å²) < 4.78 is 5.19. The highest BCUT2D eigenvalue weighted by molar-refractivity contribution is 6.32. The SMILES string of the molecule is C=CCNc1cc(Nc2ccc(OC)c(Cl)c2)nc(-c2ccccc2)n1. The molecule has 1 heterocycles. The molecule has 0 bridgehead atoms. The summed E-state index contributed by atoms with van der Waals surface area (Å²) in [6, 6.07) is 17.1. The molecular weight excluding hydrogens is 348 g/mol. The van der Waals surface area contributed by atoms with Gasteiger partial charge in [-0.3, -0.25) is 0 Å². The Labute approximate surface area is 157 Å². The number of aromatic nitrogens is 2. The lowest BCUT2D eigenvalue weighted by Gasteiger charge is -2.12. The van der Waals surface area contributed by atoms with E-state index in [1.807, 2.05) is 42.5 Å². The molecule has 0 atom stereocenters. The molecule has 2 N–H and O–H groups in total. The molecule has 1 aromatic heterocycles. The van der Waals surface area contributed by atoms with Crippen LogP contribution < -0.4 is 15.4 Å². The van der Waals surface area contributed by atoms with Gasteiger partial charge in [0, 0.05) is 23.9 Å². The minimum Gasteiger partial charge on any atom is -0.495 e. The van der Waals surface area contributed by atoms with Gasteiger partial charge in [-0.2, -0.15) is 0 Å². The highest BCUT2D eigenvalue weighted by atomic mass is 35.5. The molecule has 0 saturated carbocycles.